The lowest BCUT2D eigenvalue weighted by atomic mass is 10.0. The fourth-order valence-corrected chi connectivity index (χ4v) is 5.48. The van der Waals surface area contributed by atoms with Gasteiger partial charge in [0.1, 0.15) is 0 Å². The Kier molecular flexibility index (Phi) is 5.75. The summed E-state index contributed by atoms with van der Waals surface area (Å²) in [6.45, 7) is 0. The molecule has 6 aromatic carbocycles. The number of aromatic nitrogens is 4. The number of fused-ring (bicyclic) bond motifs is 3. The van der Waals surface area contributed by atoms with Crippen LogP contribution in [0.25, 0.3) is 77.7 Å². The van der Waals surface area contributed by atoms with Crippen LogP contribution in [0.4, 0.5) is 0 Å². The zero-order chi connectivity index (χ0) is 27.9. The topological polar surface area (TPSA) is 51.6 Å². The predicted molar refractivity (Wildman–Crippen MR) is 172 cm³/mol. The van der Waals surface area contributed by atoms with Crippen molar-refractivity contribution >= 4 is 32.4 Å². The first-order valence-electron chi connectivity index (χ1n) is 14.0. The molecule has 0 aliphatic heterocycles. The van der Waals surface area contributed by atoms with Crippen LogP contribution in [0.3, 0.4) is 0 Å². The third-order valence-corrected chi connectivity index (χ3v) is 7.73. The van der Waals surface area contributed by atoms with Crippen LogP contribution < -0.4 is 0 Å². The van der Waals surface area contributed by atoms with Crippen LogP contribution in [-0.2, 0) is 0 Å². The van der Waals surface area contributed by atoms with E-state index in [9.17, 15) is 0 Å². The van der Waals surface area contributed by atoms with Crippen LogP contribution in [0.2, 0.25) is 0 Å². The highest BCUT2D eigenvalue weighted by Crippen LogP contribution is 2.30. The van der Waals surface area contributed by atoms with Crippen LogP contribution in [-0.4, -0.2) is 19.9 Å². The Balaban J connectivity index is 1.25. The van der Waals surface area contributed by atoms with Gasteiger partial charge >= 0.3 is 0 Å². The molecule has 8 rings (SSSR count). The largest absolute Gasteiger partial charge is 0.256 e. The van der Waals surface area contributed by atoms with Crippen molar-refractivity contribution in [3.05, 3.63) is 146 Å². The van der Waals surface area contributed by atoms with Crippen molar-refractivity contribution in [2.24, 2.45) is 0 Å². The summed E-state index contributed by atoms with van der Waals surface area (Å²) in [6, 6.07) is 48.2. The maximum atomic E-state index is 4.98. The van der Waals surface area contributed by atoms with E-state index >= 15 is 0 Å². The molecule has 0 bridgehead atoms. The third-order valence-electron chi connectivity index (χ3n) is 7.73. The van der Waals surface area contributed by atoms with E-state index in [1.165, 1.54) is 10.8 Å². The average Bonchev–Trinajstić information content (AvgIpc) is 3.07. The van der Waals surface area contributed by atoms with Gasteiger partial charge in [0.2, 0.25) is 0 Å². The zero-order valence-electron chi connectivity index (χ0n) is 22.6. The number of pyridine rings is 1. The summed E-state index contributed by atoms with van der Waals surface area (Å²) in [6.07, 6.45) is 1.83. The summed E-state index contributed by atoms with van der Waals surface area (Å²) in [5.74, 6) is 1.94. The second-order valence-corrected chi connectivity index (χ2v) is 10.4. The first-order chi connectivity index (χ1) is 20.8. The van der Waals surface area contributed by atoms with Crippen molar-refractivity contribution in [2.75, 3.05) is 0 Å². The molecular weight excluding hydrogens is 512 g/mol. The molecule has 0 atom stereocenters. The molecule has 0 aliphatic rings. The summed E-state index contributed by atoms with van der Waals surface area (Å²) < 4.78 is 0. The number of hydrogen-bond donors (Lipinski definition) is 0. The van der Waals surface area contributed by atoms with Gasteiger partial charge in [-0.3, -0.25) is 4.98 Å². The minimum Gasteiger partial charge on any atom is -0.256 e. The van der Waals surface area contributed by atoms with E-state index in [0.29, 0.717) is 17.5 Å². The molecule has 4 heteroatoms. The van der Waals surface area contributed by atoms with E-state index in [4.69, 9.17) is 15.0 Å². The second kappa shape index (κ2) is 10.0. The molecule has 196 valence electrons. The van der Waals surface area contributed by atoms with Gasteiger partial charge in [0.05, 0.1) is 5.52 Å². The van der Waals surface area contributed by atoms with Gasteiger partial charge in [0.25, 0.3) is 0 Å². The molecule has 0 saturated carbocycles. The maximum absolute atomic E-state index is 4.98. The monoisotopic (exact) mass is 536 g/mol. The molecule has 0 amide bonds. The minimum absolute atomic E-state index is 0.642. The molecule has 0 unspecified atom stereocenters. The Labute approximate surface area is 243 Å². The Morgan fingerprint density at radius 2 is 0.762 bits per heavy atom. The van der Waals surface area contributed by atoms with E-state index in [2.05, 4.69) is 138 Å². The molecular formula is C38H24N4. The van der Waals surface area contributed by atoms with Crippen molar-refractivity contribution in [3.63, 3.8) is 0 Å². The number of hydrogen-bond acceptors (Lipinski definition) is 4. The Morgan fingerprint density at radius 3 is 1.38 bits per heavy atom. The molecule has 2 aromatic heterocycles. The molecule has 0 radical (unpaired) electrons. The lowest BCUT2D eigenvalue weighted by Crippen LogP contribution is -2.00. The van der Waals surface area contributed by atoms with Gasteiger partial charge < -0.3 is 0 Å². The van der Waals surface area contributed by atoms with Crippen LogP contribution in [0.1, 0.15) is 0 Å². The van der Waals surface area contributed by atoms with Crippen molar-refractivity contribution in [2.45, 2.75) is 0 Å². The highest BCUT2D eigenvalue weighted by molar-refractivity contribution is 5.88. The molecule has 42 heavy (non-hydrogen) atoms. The number of benzene rings is 6. The van der Waals surface area contributed by atoms with Gasteiger partial charge in [-0.2, -0.15) is 0 Å². The van der Waals surface area contributed by atoms with Crippen LogP contribution in [0.15, 0.2) is 146 Å². The summed E-state index contributed by atoms with van der Waals surface area (Å²) in [5, 5.41) is 5.80. The van der Waals surface area contributed by atoms with Crippen molar-refractivity contribution in [1.82, 2.24) is 19.9 Å². The molecule has 0 fully saturated rings. The van der Waals surface area contributed by atoms with Gasteiger partial charge in [0.15, 0.2) is 17.5 Å². The van der Waals surface area contributed by atoms with Crippen molar-refractivity contribution in [3.8, 4) is 45.3 Å². The summed E-state index contributed by atoms with van der Waals surface area (Å²) >= 11 is 0. The highest BCUT2D eigenvalue weighted by Gasteiger charge is 2.14. The standard InChI is InChI=1S/C38H24N4/c1-3-8-30-22-33(19-13-25(30)6-1)37-40-36(41-38(42-37)34-20-14-26-7-2-4-9-31(26)23-34)29-16-11-27(12-17-29)32-18-15-28-10-5-21-39-35(28)24-32/h1-24H. The molecule has 0 spiro atoms. The first kappa shape index (κ1) is 24.1. The number of nitrogens with zero attached hydrogens (tertiary/aromatic N) is 4. The van der Waals surface area contributed by atoms with Gasteiger partial charge in [-0.1, -0.05) is 115 Å². The fourth-order valence-electron chi connectivity index (χ4n) is 5.48. The maximum Gasteiger partial charge on any atom is 0.164 e. The lowest BCUT2D eigenvalue weighted by molar-refractivity contribution is 1.08. The SMILES string of the molecule is c1ccc2cc(-c3nc(-c4ccc(-c5ccc6cccnc6c5)cc4)nc(-c4ccc5ccccc5c4)n3)ccc2c1. The quantitative estimate of drug-likeness (QED) is 0.225. The lowest BCUT2D eigenvalue weighted by Gasteiger charge is -2.10. The van der Waals surface area contributed by atoms with Crippen LogP contribution in [0, 0.1) is 0 Å². The Bertz CT molecular complexity index is 2160. The molecule has 0 N–H and O–H groups in total. The molecule has 4 nitrogen and oxygen atoms in total. The van der Waals surface area contributed by atoms with Gasteiger partial charge in [-0.25, -0.2) is 15.0 Å². The average molecular weight is 537 g/mol. The summed E-state index contributed by atoms with van der Waals surface area (Å²) in [5.41, 5.74) is 6.07. The van der Waals surface area contributed by atoms with Crippen LogP contribution in [0.5, 0.6) is 0 Å². The first-order valence-corrected chi connectivity index (χ1v) is 14.0. The Morgan fingerprint density at radius 1 is 0.310 bits per heavy atom. The summed E-state index contributed by atoms with van der Waals surface area (Å²) in [4.78, 5) is 19.5. The van der Waals surface area contributed by atoms with Crippen molar-refractivity contribution in [1.29, 1.82) is 0 Å². The third kappa shape index (κ3) is 4.45. The molecule has 2 heterocycles. The van der Waals surface area contributed by atoms with Crippen LogP contribution >= 0.6 is 0 Å². The molecule has 0 aliphatic carbocycles. The molecule has 8 aromatic rings. The van der Waals surface area contributed by atoms with E-state index < -0.39 is 0 Å². The fraction of sp³-hybridized carbons (Fsp3) is 0. The second-order valence-electron chi connectivity index (χ2n) is 10.4. The van der Waals surface area contributed by atoms with E-state index in [1.807, 2.05) is 12.3 Å². The normalized spacial score (nSPS) is 11.3. The number of rotatable bonds is 4. The van der Waals surface area contributed by atoms with E-state index in [0.717, 1.165) is 49.5 Å². The van der Waals surface area contributed by atoms with Gasteiger partial charge in [0, 0.05) is 28.3 Å². The van der Waals surface area contributed by atoms with Gasteiger partial charge in [-0.15, -0.1) is 0 Å². The Hall–Kier alpha value is -5.74. The smallest absolute Gasteiger partial charge is 0.164 e. The van der Waals surface area contributed by atoms with Crippen molar-refractivity contribution < 1.29 is 0 Å². The predicted octanol–water partition coefficient (Wildman–Crippen LogP) is 9.39. The molecule has 0 saturated heterocycles. The van der Waals surface area contributed by atoms with E-state index in [1.54, 1.807) is 0 Å². The zero-order valence-corrected chi connectivity index (χ0v) is 22.6. The minimum atomic E-state index is 0.642. The highest BCUT2D eigenvalue weighted by atomic mass is 15.0. The summed E-state index contributed by atoms with van der Waals surface area (Å²) in [7, 11) is 0. The van der Waals surface area contributed by atoms with Gasteiger partial charge in [-0.05, 0) is 56.9 Å². The van der Waals surface area contributed by atoms with E-state index in [-0.39, 0.29) is 0 Å².